The molecular formula is C14H20N2O2S. The van der Waals surface area contributed by atoms with E-state index in [2.05, 4.69) is 11.9 Å². The third-order valence-corrected chi connectivity index (χ3v) is 5.20. The number of amides is 1. The van der Waals surface area contributed by atoms with Gasteiger partial charge in [0.1, 0.15) is 5.69 Å². The van der Waals surface area contributed by atoms with Crippen molar-refractivity contribution >= 4 is 17.2 Å². The molecule has 4 nitrogen and oxygen atoms in total. The lowest BCUT2D eigenvalue weighted by atomic mass is 9.78. The normalized spacial score (nSPS) is 25.4. The molecule has 1 saturated heterocycles. The van der Waals surface area contributed by atoms with Gasteiger partial charge in [-0.2, -0.15) is 0 Å². The van der Waals surface area contributed by atoms with E-state index >= 15 is 0 Å². The van der Waals surface area contributed by atoms with Gasteiger partial charge in [-0.15, -0.1) is 11.3 Å². The minimum atomic E-state index is -0.556. The van der Waals surface area contributed by atoms with Gasteiger partial charge in [-0.05, 0) is 39.0 Å². The fraction of sp³-hybridized carbons (Fsp3) is 0.714. The summed E-state index contributed by atoms with van der Waals surface area (Å²) in [5, 5.41) is 12.9. The molecule has 2 heterocycles. The van der Waals surface area contributed by atoms with Crippen LogP contribution in [0.4, 0.5) is 0 Å². The first-order chi connectivity index (χ1) is 9.07. The van der Waals surface area contributed by atoms with Crippen LogP contribution < -0.4 is 0 Å². The summed E-state index contributed by atoms with van der Waals surface area (Å²) in [4.78, 5) is 18.7. The number of rotatable bonds is 3. The van der Waals surface area contributed by atoms with E-state index in [1.165, 1.54) is 11.3 Å². The van der Waals surface area contributed by atoms with Crippen molar-refractivity contribution in [1.29, 1.82) is 0 Å². The molecule has 2 fully saturated rings. The molecule has 19 heavy (non-hydrogen) atoms. The fourth-order valence-corrected chi connectivity index (χ4v) is 3.82. The number of aliphatic hydroxyl groups is 1. The van der Waals surface area contributed by atoms with E-state index in [4.69, 9.17) is 0 Å². The SMILES string of the molecule is CC1CCCN1C(=O)c1csc(CC2(O)CCC2)n1. The largest absolute Gasteiger partial charge is 0.389 e. The van der Waals surface area contributed by atoms with Gasteiger partial charge < -0.3 is 10.0 Å². The van der Waals surface area contributed by atoms with E-state index in [-0.39, 0.29) is 5.91 Å². The highest BCUT2D eigenvalue weighted by molar-refractivity contribution is 7.09. The highest BCUT2D eigenvalue weighted by atomic mass is 32.1. The van der Waals surface area contributed by atoms with Crippen molar-refractivity contribution in [2.75, 3.05) is 6.54 Å². The minimum Gasteiger partial charge on any atom is -0.389 e. The average Bonchev–Trinajstić information content (AvgIpc) is 2.95. The number of likely N-dealkylation sites (tertiary alicyclic amines) is 1. The molecule has 1 atom stereocenters. The van der Waals surface area contributed by atoms with E-state index in [9.17, 15) is 9.90 Å². The number of nitrogens with zero attached hydrogens (tertiary/aromatic N) is 2. The summed E-state index contributed by atoms with van der Waals surface area (Å²) in [5.74, 6) is 0.0492. The maximum absolute atomic E-state index is 12.3. The maximum atomic E-state index is 12.3. The number of hydrogen-bond donors (Lipinski definition) is 1. The summed E-state index contributed by atoms with van der Waals surface area (Å²) in [6.07, 6.45) is 5.59. The molecule has 1 amide bonds. The van der Waals surface area contributed by atoms with Gasteiger partial charge in [0.05, 0.1) is 10.6 Å². The van der Waals surface area contributed by atoms with Gasteiger partial charge in [0.25, 0.3) is 5.91 Å². The molecule has 0 aromatic carbocycles. The summed E-state index contributed by atoms with van der Waals surface area (Å²) < 4.78 is 0. The lowest BCUT2D eigenvalue weighted by molar-refractivity contribution is -0.0323. The van der Waals surface area contributed by atoms with Crippen LogP contribution in [-0.4, -0.2) is 39.1 Å². The number of carbonyl (C=O) groups excluding carboxylic acids is 1. The zero-order chi connectivity index (χ0) is 13.5. The zero-order valence-corrected chi connectivity index (χ0v) is 12.1. The number of thiazole rings is 1. The summed E-state index contributed by atoms with van der Waals surface area (Å²) >= 11 is 1.50. The average molecular weight is 280 g/mol. The van der Waals surface area contributed by atoms with Crippen LogP contribution in [0.2, 0.25) is 0 Å². The first kappa shape index (κ1) is 13.1. The van der Waals surface area contributed by atoms with E-state index in [0.717, 1.165) is 43.7 Å². The van der Waals surface area contributed by atoms with Gasteiger partial charge >= 0.3 is 0 Å². The molecule has 0 bridgehead atoms. The molecule has 0 radical (unpaired) electrons. The van der Waals surface area contributed by atoms with Crippen LogP contribution >= 0.6 is 11.3 Å². The Balaban J connectivity index is 1.68. The van der Waals surface area contributed by atoms with Gasteiger partial charge in [-0.3, -0.25) is 4.79 Å². The smallest absolute Gasteiger partial charge is 0.273 e. The van der Waals surface area contributed by atoms with Crippen LogP contribution in [-0.2, 0) is 6.42 Å². The Hall–Kier alpha value is -0.940. The zero-order valence-electron chi connectivity index (χ0n) is 11.3. The van der Waals surface area contributed by atoms with E-state index in [1.807, 2.05) is 10.3 Å². The van der Waals surface area contributed by atoms with E-state index < -0.39 is 5.60 Å². The Kier molecular flexibility index (Phi) is 3.35. The molecule has 3 rings (SSSR count). The lowest BCUT2D eigenvalue weighted by Crippen LogP contribution is -2.39. The van der Waals surface area contributed by atoms with Gasteiger partial charge in [0.15, 0.2) is 0 Å². The van der Waals surface area contributed by atoms with E-state index in [0.29, 0.717) is 18.2 Å². The second kappa shape index (κ2) is 4.87. The topological polar surface area (TPSA) is 53.4 Å². The van der Waals surface area contributed by atoms with Gasteiger partial charge in [-0.25, -0.2) is 4.98 Å². The molecule has 104 valence electrons. The minimum absolute atomic E-state index is 0.0492. The second-order valence-electron chi connectivity index (χ2n) is 5.87. The number of aromatic nitrogens is 1. The predicted octanol–water partition coefficient (Wildman–Crippen LogP) is 2.23. The van der Waals surface area contributed by atoms with Gasteiger partial charge in [0.2, 0.25) is 0 Å². The molecule has 1 aliphatic heterocycles. The lowest BCUT2D eigenvalue weighted by Gasteiger charge is -2.35. The quantitative estimate of drug-likeness (QED) is 0.923. The molecule has 1 aliphatic carbocycles. The highest BCUT2D eigenvalue weighted by Crippen LogP contribution is 2.35. The van der Waals surface area contributed by atoms with Gasteiger partial charge in [0, 0.05) is 24.4 Å². The van der Waals surface area contributed by atoms with Crippen LogP contribution in [0.15, 0.2) is 5.38 Å². The van der Waals surface area contributed by atoms with Crippen molar-refractivity contribution in [2.45, 2.75) is 57.1 Å². The molecule has 1 aromatic rings. The van der Waals surface area contributed by atoms with Crippen LogP contribution in [0.3, 0.4) is 0 Å². The molecule has 0 spiro atoms. The van der Waals surface area contributed by atoms with Gasteiger partial charge in [-0.1, -0.05) is 0 Å². The Morgan fingerprint density at radius 3 is 2.95 bits per heavy atom. The van der Waals surface area contributed by atoms with Crippen molar-refractivity contribution in [3.05, 3.63) is 16.1 Å². The summed E-state index contributed by atoms with van der Waals surface area (Å²) in [7, 11) is 0. The summed E-state index contributed by atoms with van der Waals surface area (Å²) in [6.45, 7) is 2.94. The second-order valence-corrected chi connectivity index (χ2v) is 6.81. The summed E-state index contributed by atoms with van der Waals surface area (Å²) in [5.41, 5.74) is -0.00397. The Morgan fingerprint density at radius 1 is 1.58 bits per heavy atom. The molecule has 5 heteroatoms. The first-order valence-corrected chi connectivity index (χ1v) is 7.93. The summed E-state index contributed by atoms with van der Waals surface area (Å²) in [6, 6.07) is 0.327. The van der Waals surface area contributed by atoms with Crippen LogP contribution in [0.5, 0.6) is 0 Å². The third kappa shape index (κ3) is 2.54. The first-order valence-electron chi connectivity index (χ1n) is 7.05. The predicted molar refractivity (Wildman–Crippen MR) is 74.4 cm³/mol. The van der Waals surface area contributed by atoms with Crippen LogP contribution in [0.25, 0.3) is 0 Å². The maximum Gasteiger partial charge on any atom is 0.273 e. The Morgan fingerprint density at radius 2 is 2.37 bits per heavy atom. The van der Waals surface area contributed by atoms with Crippen LogP contribution in [0, 0.1) is 0 Å². The standard InChI is InChI=1S/C14H20N2O2S/c1-10-4-2-7-16(10)13(17)11-9-19-12(15-11)8-14(18)5-3-6-14/h9-10,18H,2-8H2,1H3. The molecule has 1 saturated carbocycles. The Bertz CT molecular complexity index is 482. The molecule has 1 aromatic heterocycles. The third-order valence-electron chi connectivity index (χ3n) is 4.35. The van der Waals surface area contributed by atoms with Crippen molar-refractivity contribution in [3.8, 4) is 0 Å². The number of carbonyl (C=O) groups is 1. The monoisotopic (exact) mass is 280 g/mol. The van der Waals surface area contributed by atoms with Crippen molar-refractivity contribution in [2.24, 2.45) is 0 Å². The molecular weight excluding hydrogens is 260 g/mol. The fourth-order valence-electron chi connectivity index (χ4n) is 2.92. The highest BCUT2D eigenvalue weighted by Gasteiger charge is 2.36. The van der Waals surface area contributed by atoms with Crippen LogP contribution in [0.1, 0.15) is 54.5 Å². The number of hydrogen-bond acceptors (Lipinski definition) is 4. The van der Waals surface area contributed by atoms with Crippen molar-refractivity contribution in [3.63, 3.8) is 0 Å². The molecule has 2 aliphatic rings. The molecule has 1 N–H and O–H groups in total. The Labute approximate surface area is 117 Å². The molecule has 1 unspecified atom stereocenters. The van der Waals surface area contributed by atoms with E-state index in [1.54, 1.807) is 0 Å². The van der Waals surface area contributed by atoms with Crippen molar-refractivity contribution < 1.29 is 9.90 Å². The van der Waals surface area contributed by atoms with Crippen molar-refractivity contribution in [1.82, 2.24) is 9.88 Å².